The van der Waals surface area contributed by atoms with Crippen LogP contribution in [-0.2, 0) is 24.8 Å². The molecule has 0 aliphatic carbocycles. The summed E-state index contributed by atoms with van der Waals surface area (Å²) in [6.45, 7) is -0.167. The van der Waals surface area contributed by atoms with Crippen LogP contribution in [0.2, 0.25) is 5.02 Å². The van der Waals surface area contributed by atoms with Gasteiger partial charge in [-0.15, -0.1) is 0 Å². The van der Waals surface area contributed by atoms with Crippen molar-refractivity contribution in [3.63, 3.8) is 0 Å². The summed E-state index contributed by atoms with van der Waals surface area (Å²) in [5.41, 5.74) is 0.562. The summed E-state index contributed by atoms with van der Waals surface area (Å²) in [5.74, 6) is -0.909. The SMILES string of the molecule is Cn1cnc2ncn(CC(=N)OC(=O)NCCc3ccc(Cl)cc3F)c(=O)c21. The summed E-state index contributed by atoms with van der Waals surface area (Å²) in [6, 6.07) is 4.27. The number of aromatic nitrogens is 4. The zero-order chi connectivity index (χ0) is 20.3. The van der Waals surface area contributed by atoms with E-state index in [2.05, 4.69) is 15.3 Å². The third-order valence-corrected chi connectivity index (χ3v) is 4.14. The molecule has 1 aromatic carbocycles. The summed E-state index contributed by atoms with van der Waals surface area (Å²) in [7, 11) is 1.65. The molecule has 0 fully saturated rings. The normalized spacial score (nSPS) is 10.8. The number of amides is 1. The van der Waals surface area contributed by atoms with Crippen molar-refractivity contribution in [1.82, 2.24) is 24.4 Å². The maximum atomic E-state index is 13.7. The largest absolute Gasteiger partial charge is 0.413 e. The van der Waals surface area contributed by atoms with Gasteiger partial charge in [0, 0.05) is 18.6 Å². The van der Waals surface area contributed by atoms with Gasteiger partial charge in [0.1, 0.15) is 18.7 Å². The highest BCUT2D eigenvalue weighted by molar-refractivity contribution is 6.30. The first-order valence-electron chi connectivity index (χ1n) is 8.18. The summed E-state index contributed by atoms with van der Waals surface area (Å²) in [5, 5.41) is 10.5. The first kappa shape index (κ1) is 19.5. The molecular weight excluding hydrogens is 391 g/mol. The van der Waals surface area contributed by atoms with Gasteiger partial charge in [-0.05, 0) is 24.1 Å². The Morgan fingerprint density at radius 2 is 2.11 bits per heavy atom. The lowest BCUT2D eigenvalue weighted by atomic mass is 10.1. The van der Waals surface area contributed by atoms with E-state index in [-0.39, 0.29) is 30.0 Å². The molecule has 3 aromatic rings. The van der Waals surface area contributed by atoms with Crippen molar-refractivity contribution in [2.75, 3.05) is 6.54 Å². The van der Waals surface area contributed by atoms with Crippen LogP contribution in [0.15, 0.2) is 35.6 Å². The number of nitrogens with zero attached hydrogens (tertiary/aromatic N) is 4. The highest BCUT2D eigenvalue weighted by Gasteiger charge is 2.13. The second kappa shape index (κ2) is 8.17. The molecule has 2 heterocycles. The first-order chi connectivity index (χ1) is 13.3. The predicted octanol–water partition coefficient (Wildman–Crippen LogP) is 1.87. The Morgan fingerprint density at radius 1 is 1.36 bits per heavy atom. The molecule has 0 saturated heterocycles. The first-order valence-corrected chi connectivity index (χ1v) is 8.56. The minimum atomic E-state index is -0.873. The molecule has 0 unspecified atom stereocenters. The number of imidazole rings is 1. The second-order valence-corrected chi connectivity index (χ2v) is 6.37. The third kappa shape index (κ3) is 4.34. The lowest BCUT2D eigenvalue weighted by molar-refractivity contribution is 0.195. The van der Waals surface area contributed by atoms with Crippen LogP contribution >= 0.6 is 11.6 Å². The Labute approximate surface area is 163 Å². The van der Waals surface area contributed by atoms with Gasteiger partial charge in [0.05, 0.1) is 6.33 Å². The molecule has 0 radical (unpaired) electrons. The van der Waals surface area contributed by atoms with Gasteiger partial charge in [0.15, 0.2) is 11.2 Å². The van der Waals surface area contributed by atoms with Crippen LogP contribution in [0.4, 0.5) is 9.18 Å². The van der Waals surface area contributed by atoms with Crippen LogP contribution in [0.5, 0.6) is 0 Å². The van der Waals surface area contributed by atoms with Gasteiger partial charge in [-0.1, -0.05) is 17.7 Å². The quantitative estimate of drug-likeness (QED) is 0.495. The molecule has 0 atom stereocenters. The van der Waals surface area contributed by atoms with Crippen molar-refractivity contribution >= 4 is 34.8 Å². The van der Waals surface area contributed by atoms with Crippen LogP contribution in [-0.4, -0.2) is 37.6 Å². The Hall–Kier alpha value is -3.27. The third-order valence-electron chi connectivity index (χ3n) is 3.91. The van der Waals surface area contributed by atoms with E-state index in [9.17, 15) is 14.0 Å². The lowest BCUT2D eigenvalue weighted by Gasteiger charge is -2.09. The molecule has 2 aromatic heterocycles. The van der Waals surface area contributed by atoms with Gasteiger partial charge in [0.25, 0.3) is 5.56 Å². The minimum Gasteiger partial charge on any atom is -0.394 e. The number of carbonyl (C=O) groups excluding carboxylic acids is 1. The number of hydrogen-bond donors (Lipinski definition) is 2. The monoisotopic (exact) mass is 406 g/mol. The van der Waals surface area contributed by atoms with E-state index in [1.54, 1.807) is 13.1 Å². The fourth-order valence-corrected chi connectivity index (χ4v) is 2.70. The van der Waals surface area contributed by atoms with E-state index in [1.165, 1.54) is 29.4 Å². The van der Waals surface area contributed by atoms with Crippen LogP contribution in [0.25, 0.3) is 11.2 Å². The number of rotatable bonds is 5. The van der Waals surface area contributed by atoms with E-state index in [4.69, 9.17) is 21.7 Å². The molecule has 11 heteroatoms. The number of ether oxygens (including phenoxy) is 1. The molecule has 28 heavy (non-hydrogen) atoms. The van der Waals surface area contributed by atoms with Gasteiger partial charge < -0.3 is 14.6 Å². The molecule has 9 nitrogen and oxygen atoms in total. The fourth-order valence-electron chi connectivity index (χ4n) is 2.54. The molecule has 0 aliphatic heterocycles. The van der Waals surface area contributed by atoms with Crippen LogP contribution < -0.4 is 10.9 Å². The summed E-state index contributed by atoms with van der Waals surface area (Å²) in [6.07, 6.45) is 2.05. The van der Waals surface area contributed by atoms with Gasteiger partial charge >= 0.3 is 6.09 Å². The topological polar surface area (TPSA) is 115 Å². The van der Waals surface area contributed by atoms with E-state index in [1.807, 2.05) is 0 Å². The number of nitrogens with one attached hydrogen (secondary N) is 2. The van der Waals surface area contributed by atoms with Gasteiger partial charge in [-0.2, -0.15) is 0 Å². The van der Waals surface area contributed by atoms with Gasteiger partial charge in [-0.3, -0.25) is 14.8 Å². The highest BCUT2D eigenvalue weighted by atomic mass is 35.5. The minimum absolute atomic E-state index is 0.104. The zero-order valence-electron chi connectivity index (χ0n) is 14.8. The Kier molecular flexibility index (Phi) is 5.69. The van der Waals surface area contributed by atoms with Gasteiger partial charge in [-0.25, -0.2) is 19.2 Å². The van der Waals surface area contributed by atoms with Crippen LogP contribution in [0.1, 0.15) is 5.56 Å². The highest BCUT2D eigenvalue weighted by Crippen LogP contribution is 2.14. The Morgan fingerprint density at radius 3 is 2.86 bits per heavy atom. The van der Waals surface area contributed by atoms with E-state index >= 15 is 0 Å². The van der Waals surface area contributed by atoms with Crippen molar-refractivity contribution in [1.29, 1.82) is 5.41 Å². The number of benzene rings is 1. The number of hydrogen-bond acceptors (Lipinski definition) is 6. The van der Waals surface area contributed by atoms with Crippen molar-refractivity contribution < 1.29 is 13.9 Å². The van der Waals surface area contributed by atoms with Crippen molar-refractivity contribution in [2.24, 2.45) is 7.05 Å². The average Bonchev–Trinajstić information content (AvgIpc) is 3.01. The maximum Gasteiger partial charge on any atom is 0.413 e. The average molecular weight is 407 g/mol. The number of halogens is 2. The molecule has 3 rings (SSSR count). The smallest absolute Gasteiger partial charge is 0.394 e. The second-order valence-electron chi connectivity index (χ2n) is 5.93. The Balaban J connectivity index is 1.53. The van der Waals surface area contributed by atoms with Crippen molar-refractivity contribution in [3.8, 4) is 0 Å². The molecule has 0 spiro atoms. The number of carbonyl (C=O) groups is 1. The molecule has 1 amide bonds. The van der Waals surface area contributed by atoms with Crippen molar-refractivity contribution in [2.45, 2.75) is 13.0 Å². The summed E-state index contributed by atoms with van der Waals surface area (Å²) < 4.78 is 21.2. The maximum absolute atomic E-state index is 13.7. The van der Waals surface area contributed by atoms with Gasteiger partial charge in [0.2, 0.25) is 5.90 Å². The summed E-state index contributed by atoms with van der Waals surface area (Å²) in [4.78, 5) is 32.2. The predicted molar refractivity (Wildman–Crippen MR) is 100 cm³/mol. The fraction of sp³-hybridized carbons (Fsp3) is 0.235. The molecular formula is C17H16ClFN6O3. The molecule has 146 valence electrons. The molecule has 0 saturated carbocycles. The molecule has 2 N–H and O–H groups in total. The number of aryl methyl sites for hydroxylation is 1. The van der Waals surface area contributed by atoms with Crippen molar-refractivity contribution in [3.05, 3.63) is 57.6 Å². The number of fused-ring (bicyclic) bond motifs is 1. The number of alkyl carbamates (subject to hydrolysis) is 1. The summed E-state index contributed by atoms with van der Waals surface area (Å²) >= 11 is 5.68. The Bertz CT molecular complexity index is 1110. The standard InChI is InChI=1S/C17H16ClFN6O3/c1-24-8-22-15-14(24)16(26)25(9-23-15)7-13(20)28-17(27)21-5-4-10-2-3-11(18)6-12(10)19/h2-3,6,8-9,20H,4-5,7H2,1H3,(H,21,27). The molecule has 0 bridgehead atoms. The van der Waals surface area contributed by atoms with Crippen LogP contribution in [0, 0.1) is 11.2 Å². The van der Waals surface area contributed by atoms with E-state index in [0.29, 0.717) is 11.2 Å². The van der Waals surface area contributed by atoms with Crippen LogP contribution in [0.3, 0.4) is 0 Å². The van der Waals surface area contributed by atoms with E-state index in [0.717, 1.165) is 4.57 Å². The van der Waals surface area contributed by atoms with E-state index < -0.39 is 23.4 Å². The zero-order valence-corrected chi connectivity index (χ0v) is 15.5. The lowest BCUT2D eigenvalue weighted by Crippen LogP contribution is -2.32. The molecule has 0 aliphatic rings.